The van der Waals surface area contributed by atoms with Crippen molar-refractivity contribution in [3.63, 3.8) is 0 Å². The fraction of sp³-hybridized carbons (Fsp3) is 0.640. The normalized spacial score (nSPS) is 22.8. The Morgan fingerprint density at radius 2 is 2.12 bits per heavy atom. The third kappa shape index (κ3) is 5.84. The molecule has 0 radical (unpaired) electrons. The Kier molecular flexibility index (Phi) is 7.98. The summed E-state index contributed by atoms with van der Waals surface area (Å²) in [6.07, 6.45) is 4.74. The SMILES string of the molecule is CCC(=O)N(C)C[C@@H]1Oc2ncc(C#CC3(O)CCCC3)cc2C(=O)N([C@H](C)CO)C[C@H]1C. The number of hydrogen-bond acceptors (Lipinski definition) is 6. The average Bonchev–Trinajstić information content (AvgIpc) is 3.25. The lowest BCUT2D eigenvalue weighted by atomic mass is 9.99. The molecule has 180 valence electrons. The fourth-order valence-electron chi connectivity index (χ4n) is 4.30. The second kappa shape index (κ2) is 10.5. The number of carbonyl (C=O) groups is 2. The molecule has 8 nitrogen and oxygen atoms in total. The Morgan fingerprint density at radius 1 is 1.42 bits per heavy atom. The highest BCUT2D eigenvalue weighted by atomic mass is 16.5. The van der Waals surface area contributed by atoms with Gasteiger partial charge in [0.2, 0.25) is 11.8 Å². The first kappa shape index (κ1) is 25.0. The molecule has 0 spiro atoms. The van der Waals surface area contributed by atoms with Crippen LogP contribution in [-0.4, -0.2) is 81.3 Å². The van der Waals surface area contributed by atoms with Gasteiger partial charge in [0.15, 0.2) is 0 Å². The quantitative estimate of drug-likeness (QED) is 0.654. The van der Waals surface area contributed by atoms with Gasteiger partial charge >= 0.3 is 0 Å². The fourth-order valence-corrected chi connectivity index (χ4v) is 4.30. The average molecular weight is 458 g/mol. The van der Waals surface area contributed by atoms with Crippen LogP contribution in [0.15, 0.2) is 12.3 Å². The molecule has 1 aliphatic carbocycles. The van der Waals surface area contributed by atoms with Gasteiger partial charge < -0.3 is 24.7 Å². The first-order valence-electron chi connectivity index (χ1n) is 11.8. The minimum atomic E-state index is -0.987. The van der Waals surface area contributed by atoms with E-state index in [0.29, 0.717) is 37.9 Å². The van der Waals surface area contributed by atoms with Crippen LogP contribution in [0, 0.1) is 17.8 Å². The molecule has 0 saturated heterocycles. The van der Waals surface area contributed by atoms with Crippen LogP contribution in [-0.2, 0) is 4.79 Å². The minimum Gasteiger partial charge on any atom is -0.472 e. The van der Waals surface area contributed by atoms with Gasteiger partial charge in [-0.15, -0.1) is 0 Å². The van der Waals surface area contributed by atoms with Crippen molar-refractivity contribution in [2.45, 2.75) is 70.6 Å². The number of pyridine rings is 1. The molecule has 8 heteroatoms. The summed E-state index contributed by atoms with van der Waals surface area (Å²) in [4.78, 5) is 33.2. The zero-order valence-electron chi connectivity index (χ0n) is 20.0. The summed E-state index contributed by atoms with van der Waals surface area (Å²) >= 11 is 0. The van der Waals surface area contributed by atoms with Crippen molar-refractivity contribution in [3.8, 4) is 17.7 Å². The highest BCUT2D eigenvalue weighted by Gasteiger charge is 2.34. The van der Waals surface area contributed by atoms with E-state index in [9.17, 15) is 19.8 Å². The number of aromatic nitrogens is 1. The van der Waals surface area contributed by atoms with Crippen LogP contribution >= 0.6 is 0 Å². The van der Waals surface area contributed by atoms with E-state index < -0.39 is 11.6 Å². The predicted molar refractivity (Wildman–Crippen MR) is 124 cm³/mol. The first-order valence-corrected chi connectivity index (χ1v) is 11.8. The van der Waals surface area contributed by atoms with E-state index in [0.717, 1.165) is 12.8 Å². The molecule has 0 bridgehead atoms. The molecule has 1 aromatic heterocycles. The molecule has 3 atom stereocenters. The van der Waals surface area contributed by atoms with Crippen LogP contribution < -0.4 is 4.74 Å². The van der Waals surface area contributed by atoms with Crippen molar-refractivity contribution in [3.05, 3.63) is 23.4 Å². The number of ether oxygens (including phenoxy) is 1. The van der Waals surface area contributed by atoms with Gasteiger partial charge in [-0.2, -0.15) is 0 Å². The van der Waals surface area contributed by atoms with E-state index in [2.05, 4.69) is 16.8 Å². The van der Waals surface area contributed by atoms with E-state index >= 15 is 0 Å². The number of likely N-dealkylation sites (N-methyl/N-ethyl adjacent to an activating group) is 1. The summed E-state index contributed by atoms with van der Waals surface area (Å²) in [7, 11) is 1.74. The highest BCUT2D eigenvalue weighted by Crippen LogP contribution is 2.30. The van der Waals surface area contributed by atoms with Crippen LogP contribution in [0.2, 0.25) is 0 Å². The van der Waals surface area contributed by atoms with Gasteiger partial charge in [0.1, 0.15) is 17.3 Å². The number of aliphatic hydroxyl groups excluding tert-OH is 1. The summed E-state index contributed by atoms with van der Waals surface area (Å²) in [6, 6.07) is 1.25. The van der Waals surface area contributed by atoms with Crippen molar-refractivity contribution in [2.24, 2.45) is 5.92 Å². The smallest absolute Gasteiger partial charge is 0.259 e. The summed E-state index contributed by atoms with van der Waals surface area (Å²) in [5, 5.41) is 20.3. The molecule has 33 heavy (non-hydrogen) atoms. The maximum Gasteiger partial charge on any atom is 0.259 e. The molecule has 1 saturated carbocycles. The lowest BCUT2D eigenvalue weighted by Gasteiger charge is -2.37. The number of aliphatic hydroxyl groups is 2. The summed E-state index contributed by atoms with van der Waals surface area (Å²) in [5.74, 6) is 5.73. The molecule has 3 rings (SSSR count). The monoisotopic (exact) mass is 457 g/mol. The van der Waals surface area contributed by atoms with Crippen molar-refractivity contribution in [2.75, 3.05) is 26.7 Å². The van der Waals surface area contributed by atoms with Crippen LogP contribution in [0.1, 0.15) is 68.8 Å². The van der Waals surface area contributed by atoms with Gasteiger partial charge in [0.05, 0.1) is 19.2 Å². The van der Waals surface area contributed by atoms with Gasteiger partial charge in [-0.25, -0.2) is 4.98 Å². The Morgan fingerprint density at radius 3 is 2.76 bits per heavy atom. The topological polar surface area (TPSA) is 103 Å². The first-order chi connectivity index (χ1) is 15.7. The van der Waals surface area contributed by atoms with Gasteiger partial charge in [-0.3, -0.25) is 9.59 Å². The molecular weight excluding hydrogens is 422 g/mol. The van der Waals surface area contributed by atoms with E-state index in [4.69, 9.17) is 4.74 Å². The second-order valence-electron chi connectivity index (χ2n) is 9.32. The van der Waals surface area contributed by atoms with Crippen molar-refractivity contribution >= 4 is 11.8 Å². The van der Waals surface area contributed by atoms with E-state index in [1.54, 1.807) is 36.0 Å². The number of carbonyl (C=O) groups excluding carboxylic acids is 2. The predicted octanol–water partition coefficient (Wildman–Crippen LogP) is 1.83. The highest BCUT2D eigenvalue weighted by molar-refractivity contribution is 5.97. The Bertz CT molecular complexity index is 932. The third-order valence-corrected chi connectivity index (χ3v) is 6.57. The maximum absolute atomic E-state index is 13.4. The molecule has 2 N–H and O–H groups in total. The largest absolute Gasteiger partial charge is 0.472 e. The summed E-state index contributed by atoms with van der Waals surface area (Å²) < 4.78 is 6.19. The molecule has 0 unspecified atom stereocenters. The van der Waals surface area contributed by atoms with Crippen molar-refractivity contribution < 1.29 is 24.5 Å². The van der Waals surface area contributed by atoms with Gasteiger partial charge in [0.25, 0.3) is 5.91 Å². The zero-order valence-corrected chi connectivity index (χ0v) is 20.0. The summed E-state index contributed by atoms with van der Waals surface area (Å²) in [5.41, 5.74) is -0.202. The molecule has 1 fully saturated rings. The third-order valence-electron chi connectivity index (χ3n) is 6.57. The molecule has 2 heterocycles. The number of fused-ring (bicyclic) bond motifs is 1. The Labute approximate surface area is 195 Å². The van der Waals surface area contributed by atoms with Gasteiger partial charge in [-0.1, -0.05) is 25.7 Å². The number of hydrogen-bond donors (Lipinski definition) is 2. The molecule has 2 aliphatic rings. The number of rotatable bonds is 5. The molecular formula is C25H35N3O5. The van der Waals surface area contributed by atoms with E-state index in [-0.39, 0.29) is 41.9 Å². The second-order valence-corrected chi connectivity index (χ2v) is 9.32. The molecule has 1 aromatic rings. The maximum atomic E-state index is 13.4. The van der Waals surface area contributed by atoms with E-state index in [1.165, 1.54) is 0 Å². The lowest BCUT2D eigenvalue weighted by Crippen LogP contribution is -2.50. The minimum absolute atomic E-state index is 0.00756. The van der Waals surface area contributed by atoms with Crippen LogP contribution in [0.4, 0.5) is 0 Å². The Balaban J connectivity index is 1.97. The number of amides is 2. The van der Waals surface area contributed by atoms with Crippen LogP contribution in [0.5, 0.6) is 5.88 Å². The zero-order chi connectivity index (χ0) is 24.2. The van der Waals surface area contributed by atoms with Crippen molar-refractivity contribution in [1.29, 1.82) is 0 Å². The van der Waals surface area contributed by atoms with Gasteiger partial charge in [0, 0.05) is 37.7 Å². The van der Waals surface area contributed by atoms with Crippen LogP contribution in [0.25, 0.3) is 0 Å². The van der Waals surface area contributed by atoms with Crippen LogP contribution in [0.3, 0.4) is 0 Å². The lowest BCUT2D eigenvalue weighted by molar-refractivity contribution is -0.131. The molecule has 0 aromatic carbocycles. The standard InChI is InChI=1S/C25H35N3O5/c1-5-22(30)27(4)15-21-17(2)14-28(18(3)16-29)24(31)20-12-19(13-26-23(20)33-21)8-11-25(32)9-6-7-10-25/h12-13,17-18,21,29,32H,5-7,9-10,14-16H2,1-4H3/t17-,18-,21+/m1/s1. The van der Waals surface area contributed by atoms with Gasteiger partial charge in [-0.05, 0) is 38.7 Å². The summed E-state index contributed by atoms with van der Waals surface area (Å²) in [6.45, 7) is 6.13. The van der Waals surface area contributed by atoms with E-state index in [1.807, 2.05) is 13.8 Å². The molecule has 1 aliphatic heterocycles. The molecule has 2 amide bonds. The number of nitrogens with zero attached hydrogens (tertiary/aromatic N) is 3. The Hall–Kier alpha value is -2.63. The van der Waals surface area contributed by atoms with Crippen molar-refractivity contribution in [1.82, 2.24) is 14.8 Å².